The van der Waals surface area contributed by atoms with Gasteiger partial charge in [0.05, 0.1) is 0 Å². The highest BCUT2D eigenvalue weighted by atomic mass is 79.9. The van der Waals surface area contributed by atoms with Gasteiger partial charge >= 0.3 is 0 Å². The molecule has 14 heavy (non-hydrogen) atoms. The predicted octanol–water partition coefficient (Wildman–Crippen LogP) is 3.90. The van der Waals surface area contributed by atoms with Crippen molar-refractivity contribution in [3.05, 3.63) is 39.2 Å². The molecule has 0 atom stereocenters. The van der Waals surface area contributed by atoms with E-state index in [4.69, 9.17) is 5.73 Å². The van der Waals surface area contributed by atoms with Crippen LogP contribution in [0.25, 0.3) is 11.1 Å². The average Bonchev–Trinajstić information content (AvgIpc) is 2.56. The van der Waals surface area contributed by atoms with E-state index in [-0.39, 0.29) is 5.82 Å². The Bertz CT molecular complexity index is 467. The van der Waals surface area contributed by atoms with Crippen molar-refractivity contribution in [1.29, 1.82) is 0 Å². The molecule has 0 radical (unpaired) electrons. The van der Waals surface area contributed by atoms with E-state index in [9.17, 15) is 4.39 Å². The van der Waals surface area contributed by atoms with Gasteiger partial charge in [0.1, 0.15) is 5.82 Å². The molecule has 1 nitrogen and oxygen atoms in total. The Labute approximate surface area is 93.5 Å². The Kier molecular flexibility index (Phi) is 2.56. The van der Waals surface area contributed by atoms with Crippen LogP contribution in [0.1, 0.15) is 0 Å². The zero-order chi connectivity index (χ0) is 10.1. The van der Waals surface area contributed by atoms with Crippen molar-refractivity contribution >= 4 is 33.0 Å². The quantitative estimate of drug-likeness (QED) is 0.783. The lowest BCUT2D eigenvalue weighted by Crippen LogP contribution is -1.90. The molecule has 0 saturated heterocycles. The molecule has 0 spiro atoms. The maximum atomic E-state index is 13.0. The van der Waals surface area contributed by atoms with Crippen LogP contribution in [0, 0.1) is 5.82 Å². The smallest absolute Gasteiger partial charge is 0.123 e. The molecule has 0 saturated carbocycles. The highest BCUT2D eigenvalue weighted by Crippen LogP contribution is 2.35. The monoisotopic (exact) mass is 271 g/mol. The molecule has 1 aromatic carbocycles. The summed E-state index contributed by atoms with van der Waals surface area (Å²) in [6, 6.07) is 4.38. The molecular formula is C10H7BrFNS. The number of rotatable bonds is 1. The van der Waals surface area contributed by atoms with E-state index in [1.165, 1.54) is 12.1 Å². The van der Waals surface area contributed by atoms with Gasteiger partial charge in [0.15, 0.2) is 0 Å². The first-order chi connectivity index (χ1) is 6.68. The van der Waals surface area contributed by atoms with E-state index < -0.39 is 0 Å². The van der Waals surface area contributed by atoms with Gasteiger partial charge < -0.3 is 5.73 Å². The number of benzene rings is 1. The van der Waals surface area contributed by atoms with Gasteiger partial charge in [-0.05, 0) is 39.5 Å². The van der Waals surface area contributed by atoms with Crippen molar-refractivity contribution in [3.8, 4) is 11.1 Å². The molecule has 1 aromatic heterocycles. The van der Waals surface area contributed by atoms with Gasteiger partial charge in [0, 0.05) is 26.7 Å². The fourth-order valence-electron chi connectivity index (χ4n) is 1.24. The summed E-state index contributed by atoms with van der Waals surface area (Å²) in [5.74, 6) is -0.271. The number of thiophene rings is 1. The summed E-state index contributed by atoms with van der Waals surface area (Å²) in [4.78, 5) is 0. The van der Waals surface area contributed by atoms with Crippen LogP contribution in [0.15, 0.2) is 33.4 Å². The normalized spacial score (nSPS) is 10.4. The summed E-state index contributed by atoms with van der Waals surface area (Å²) in [5.41, 5.74) is 8.03. The largest absolute Gasteiger partial charge is 0.398 e. The van der Waals surface area contributed by atoms with E-state index in [2.05, 4.69) is 15.9 Å². The van der Waals surface area contributed by atoms with Crippen molar-refractivity contribution < 1.29 is 4.39 Å². The van der Waals surface area contributed by atoms with Crippen LogP contribution in [0.2, 0.25) is 0 Å². The fourth-order valence-corrected chi connectivity index (χ4v) is 2.74. The minimum atomic E-state index is -0.271. The molecule has 0 bridgehead atoms. The summed E-state index contributed by atoms with van der Waals surface area (Å²) in [6.45, 7) is 0. The summed E-state index contributed by atoms with van der Waals surface area (Å²) in [6.07, 6.45) is 0. The van der Waals surface area contributed by atoms with Crippen LogP contribution in [0.5, 0.6) is 0 Å². The second-order valence-electron chi connectivity index (χ2n) is 2.86. The molecule has 0 amide bonds. The molecule has 72 valence electrons. The zero-order valence-corrected chi connectivity index (χ0v) is 9.53. The summed E-state index contributed by atoms with van der Waals surface area (Å²) in [7, 11) is 0. The Balaban J connectivity index is 2.62. The first-order valence-corrected chi connectivity index (χ1v) is 5.69. The maximum Gasteiger partial charge on any atom is 0.123 e. The Morgan fingerprint density at radius 3 is 2.64 bits per heavy atom. The molecule has 1 heterocycles. The van der Waals surface area contributed by atoms with Gasteiger partial charge in [0.2, 0.25) is 0 Å². The molecule has 4 heteroatoms. The lowest BCUT2D eigenvalue weighted by Gasteiger charge is -2.04. The van der Waals surface area contributed by atoms with Gasteiger partial charge in [-0.1, -0.05) is 0 Å². The van der Waals surface area contributed by atoms with Crippen molar-refractivity contribution in [3.63, 3.8) is 0 Å². The number of nitrogens with two attached hydrogens (primary N) is 1. The highest BCUT2D eigenvalue weighted by Gasteiger charge is 2.08. The molecule has 2 rings (SSSR count). The second-order valence-corrected chi connectivity index (χ2v) is 4.46. The van der Waals surface area contributed by atoms with Gasteiger partial charge in [0.25, 0.3) is 0 Å². The molecule has 0 unspecified atom stereocenters. The maximum absolute atomic E-state index is 13.0. The third kappa shape index (κ3) is 1.67. The molecular weight excluding hydrogens is 265 g/mol. The fraction of sp³-hybridized carbons (Fsp3) is 0. The van der Waals surface area contributed by atoms with Crippen LogP contribution in [-0.2, 0) is 0 Å². The van der Waals surface area contributed by atoms with E-state index in [1.807, 2.05) is 10.8 Å². The van der Waals surface area contributed by atoms with Crippen LogP contribution in [0.3, 0.4) is 0 Å². The van der Waals surface area contributed by atoms with Crippen LogP contribution < -0.4 is 5.73 Å². The van der Waals surface area contributed by atoms with Gasteiger partial charge in [-0.15, -0.1) is 0 Å². The van der Waals surface area contributed by atoms with E-state index in [1.54, 1.807) is 17.4 Å². The number of anilines is 1. The first-order valence-electron chi connectivity index (χ1n) is 3.95. The lowest BCUT2D eigenvalue weighted by molar-refractivity contribution is 0.628. The predicted molar refractivity (Wildman–Crippen MR) is 61.8 cm³/mol. The van der Waals surface area contributed by atoms with E-state index in [0.717, 1.165) is 15.6 Å². The standard InChI is InChI=1S/C10H7BrFNS/c11-9-5-14-4-8(9)7-3-6(12)1-2-10(7)13/h1-5H,13H2. The molecule has 0 fully saturated rings. The van der Waals surface area contributed by atoms with Crippen LogP contribution in [-0.4, -0.2) is 0 Å². The Morgan fingerprint density at radius 1 is 1.21 bits per heavy atom. The Hall–Kier alpha value is -0.870. The highest BCUT2D eigenvalue weighted by molar-refractivity contribution is 9.10. The summed E-state index contributed by atoms with van der Waals surface area (Å²) in [5, 5.41) is 3.88. The van der Waals surface area contributed by atoms with Crippen molar-refractivity contribution in [2.24, 2.45) is 0 Å². The molecule has 0 aliphatic heterocycles. The van der Waals surface area contributed by atoms with Crippen molar-refractivity contribution in [2.45, 2.75) is 0 Å². The SMILES string of the molecule is Nc1ccc(F)cc1-c1cscc1Br. The van der Waals surface area contributed by atoms with E-state index >= 15 is 0 Å². The van der Waals surface area contributed by atoms with Gasteiger partial charge in [-0.2, -0.15) is 11.3 Å². The number of hydrogen-bond acceptors (Lipinski definition) is 2. The van der Waals surface area contributed by atoms with Gasteiger partial charge in [-0.25, -0.2) is 4.39 Å². The van der Waals surface area contributed by atoms with Crippen LogP contribution in [0.4, 0.5) is 10.1 Å². The summed E-state index contributed by atoms with van der Waals surface area (Å²) >= 11 is 4.94. The third-order valence-corrected chi connectivity index (χ3v) is 3.62. The van der Waals surface area contributed by atoms with Crippen LogP contribution >= 0.6 is 27.3 Å². The Morgan fingerprint density at radius 2 is 2.00 bits per heavy atom. The average molecular weight is 272 g/mol. The summed E-state index contributed by atoms with van der Waals surface area (Å²) < 4.78 is 13.9. The molecule has 2 N–H and O–H groups in total. The topological polar surface area (TPSA) is 26.0 Å². The first kappa shape index (κ1) is 9.68. The molecule has 0 aliphatic carbocycles. The minimum absolute atomic E-state index is 0.271. The van der Waals surface area contributed by atoms with Crippen molar-refractivity contribution in [1.82, 2.24) is 0 Å². The number of halogens is 2. The zero-order valence-electron chi connectivity index (χ0n) is 7.13. The van der Waals surface area contributed by atoms with E-state index in [0.29, 0.717) is 5.69 Å². The number of nitrogen functional groups attached to an aromatic ring is 1. The molecule has 2 aromatic rings. The third-order valence-electron chi connectivity index (χ3n) is 1.92. The second kappa shape index (κ2) is 3.71. The minimum Gasteiger partial charge on any atom is -0.398 e. The lowest BCUT2D eigenvalue weighted by atomic mass is 10.1. The molecule has 0 aliphatic rings. The number of hydrogen-bond donors (Lipinski definition) is 1. The van der Waals surface area contributed by atoms with Gasteiger partial charge in [-0.3, -0.25) is 0 Å². The van der Waals surface area contributed by atoms with Crippen molar-refractivity contribution in [2.75, 3.05) is 5.73 Å².